The van der Waals surface area contributed by atoms with Crippen LogP contribution in [0.2, 0.25) is 5.28 Å². The highest BCUT2D eigenvalue weighted by atomic mass is 35.5. The lowest BCUT2D eigenvalue weighted by Gasteiger charge is -2.31. The number of nitrogens with zero attached hydrogens (tertiary/aromatic N) is 2. The number of nitrogens with two attached hydrogens (primary N) is 1. The molecule has 10 heteroatoms. The van der Waals surface area contributed by atoms with Gasteiger partial charge in [0.05, 0.1) is 6.61 Å². The van der Waals surface area contributed by atoms with Crippen LogP contribution in [-0.4, -0.2) is 46.3 Å². The third-order valence-corrected chi connectivity index (χ3v) is 4.35. The van der Waals surface area contributed by atoms with E-state index in [9.17, 15) is 9.59 Å². The van der Waals surface area contributed by atoms with Crippen molar-refractivity contribution in [2.75, 3.05) is 17.7 Å². The van der Waals surface area contributed by atoms with Crippen LogP contribution in [0.15, 0.2) is 0 Å². The van der Waals surface area contributed by atoms with Gasteiger partial charge in [0.25, 0.3) is 0 Å². The SMILES string of the molecule is CCOC(=O)c1nc(Cl)nc(NC2CCC(NC(=O)OC(C)(C)C)CC2)c1N. The molecule has 1 amide bonds. The summed E-state index contributed by atoms with van der Waals surface area (Å²) in [7, 11) is 0. The van der Waals surface area contributed by atoms with E-state index >= 15 is 0 Å². The van der Waals surface area contributed by atoms with Gasteiger partial charge in [0.1, 0.15) is 11.3 Å². The molecule has 1 aromatic heterocycles. The second-order valence-electron chi connectivity index (χ2n) is 7.66. The second kappa shape index (κ2) is 9.27. The normalized spacial score (nSPS) is 19.6. The van der Waals surface area contributed by atoms with E-state index in [1.807, 2.05) is 20.8 Å². The van der Waals surface area contributed by atoms with E-state index in [0.29, 0.717) is 5.82 Å². The van der Waals surface area contributed by atoms with E-state index in [1.54, 1.807) is 6.92 Å². The number of esters is 1. The zero-order chi connectivity index (χ0) is 20.9. The minimum absolute atomic E-state index is 0.0503. The van der Waals surface area contributed by atoms with Gasteiger partial charge < -0.3 is 25.8 Å². The number of aromatic nitrogens is 2. The minimum Gasteiger partial charge on any atom is -0.461 e. The molecule has 0 spiro atoms. The summed E-state index contributed by atoms with van der Waals surface area (Å²) in [5.74, 6) is -0.329. The van der Waals surface area contributed by atoms with Crippen molar-refractivity contribution in [2.45, 2.75) is 71.1 Å². The molecule has 0 aliphatic heterocycles. The van der Waals surface area contributed by atoms with Crippen molar-refractivity contribution >= 4 is 35.2 Å². The molecule has 28 heavy (non-hydrogen) atoms. The zero-order valence-corrected chi connectivity index (χ0v) is 17.4. The molecular weight excluding hydrogens is 386 g/mol. The van der Waals surface area contributed by atoms with E-state index in [1.165, 1.54) is 0 Å². The van der Waals surface area contributed by atoms with E-state index in [4.69, 9.17) is 26.8 Å². The van der Waals surface area contributed by atoms with E-state index in [-0.39, 0.29) is 35.4 Å². The van der Waals surface area contributed by atoms with Gasteiger partial charge in [-0.15, -0.1) is 0 Å². The fourth-order valence-electron chi connectivity index (χ4n) is 2.96. The number of carbonyl (C=O) groups is 2. The first-order chi connectivity index (χ1) is 13.1. The average molecular weight is 414 g/mol. The average Bonchev–Trinajstić information content (AvgIpc) is 2.58. The number of amides is 1. The van der Waals surface area contributed by atoms with Gasteiger partial charge in [-0.2, -0.15) is 4.98 Å². The van der Waals surface area contributed by atoms with Crippen LogP contribution in [0.5, 0.6) is 0 Å². The lowest BCUT2D eigenvalue weighted by atomic mass is 9.91. The highest BCUT2D eigenvalue weighted by molar-refractivity contribution is 6.28. The Kier molecular flexibility index (Phi) is 7.29. The Balaban J connectivity index is 1.94. The number of nitrogen functional groups attached to an aromatic ring is 1. The number of hydrogen-bond acceptors (Lipinski definition) is 8. The van der Waals surface area contributed by atoms with Crippen LogP contribution >= 0.6 is 11.6 Å². The smallest absolute Gasteiger partial charge is 0.407 e. The van der Waals surface area contributed by atoms with E-state index in [0.717, 1.165) is 25.7 Å². The maximum absolute atomic E-state index is 12.0. The molecule has 0 aromatic carbocycles. The van der Waals surface area contributed by atoms with Crippen LogP contribution < -0.4 is 16.4 Å². The summed E-state index contributed by atoms with van der Waals surface area (Å²) in [6.45, 7) is 7.39. The largest absolute Gasteiger partial charge is 0.461 e. The molecule has 0 atom stereocenters. The fourth-order valence-corrected chi connectivity index (χ4v) is 3.13. The van der Waals surface area contributed by atoms with Gasteiger partial charge in [0.2, 0.25) is 5.28 Å². The van der Waals surface area contributed by atoms with Crippen LogP contribution in [0.3, 0.4) is 0 Å². The summed E-state index contributed by atoms with van der Waals surface area (Å²) in [5, 5.41) is 6.04. The predicted octanol–water partition coefficient (Wildman–Crippen LogP) is 3.14. The van der Waals surface area contributed by atoms with Crippen molar-refractivity contribution in [3.63, 3.8) is 0 Å². The molecule has 1 aliphatic rings. The number of halogens is 1. The first kappa shape index (κ1) is 22.0. The number of ether oxygens (including phenoxy) is 2. The monoisotopic (exact) mass is 413 g/mol. The van der Waals surface area contributed by atoms with Crippen LogP contribution in [0, 0.1) is 0 Å². The van der Waals surface area contributed by atoms with Crippen molar-refractivity contribution in [3.05, 3.63) is 11.0 Å². The molecule has 1 saturated carbocycles. The molecule has 1 aliphatic carbocycles. The highest BCUT2D eigenvalue weighted by Crippen LogP contribution is 2.27. The fraction of sp³-hybridized carbons (Fsp3) is 0.667. The Labute approximate surface area is 169 Å². The summed E-state index contributed by atoms with van der Waals surface area (Å²) in [5.41, 5.74) is 5.56. The van der Waals surface area contributed by atoms with Crippen LogP contribution in [-0.2, 0) is 9.47 Å². The number of alkyl carbamates (subject to hydrolysis) is 1. The Hall–Kier alpha value is -2.29. The molecule has 1 heterocycles. The lowest BCUT2D eigenvalue weighted by Crippen LogP contribution is -2.42. The quantitative estimate of drug-likeness (QED) is 0.496. The third-order valence-electron chi connectivity index (χ3n) is 4.18. The molecule has 2 rings (SSSR count). The zero-order valence-electron chi connectivity index (χ0n) is 16.7. The van der Waals surface area contributed by atoms with Crippen LogP contribution in [0.25, 0.3) is 0 Å². The Morgan fingerprint density at radius 2 is 1.79 bits per heavy atom. The summed E-state index contributed by atoms with van der Waals surface area (Å²) in [4.78, 5) is 31.8. The molecule has 4 N–H and O–H groups in total. The van der Waals surface area contributed by atoms with Gasteiger partial charge in [-0.25, -0.2) is 14.6 Å². The third kappa shape index (κ3) is 6.40. The summed E-state index contributed by atoms with van der Waals surface area (Å²) >= 11 is 5.93. The maximum atomic E-state index is 12.0. The van der Waals surface area contributed by atoms with Crippen LogP contribution in [0.1, 0.15) is 63.9 Å². The van der Waals surface area contributed by atoms with Gasteiger partial charge in [-0.3, -0.25) is 0 Å². The standard InChI is InChI=1S/C18H28ClN5O4/c1-5-27-15(25)13-12(20)14(24-16(19)23-13)21-10-6-8-11(9-7-10)22-17(26)28-18(2,3)4/h10-11H,5-9,20H2,1-4H3,(H,22,26)(H,21,23,24). The molecule has 0 radical (unpaired) electrons. The van der Waals surface area contributed by atoms with Crippen molar-refractivity contribution in [1.29, 1.82) is 0 Å². The second-order valence-corrected chi connectivity index (χ2v) is 8.00. The number of carbonyl (C=O) groups excluding carboxylic acids is 2. The van der Waals surface area contributed by atoms with Gasteiger partial charge in [-0.1, -0.05) is 0 Å². The number of nitrogens with one attached hydrogen (secondary N) is 2. The highest BCUT2D eigenvalue weighted by Gasteiger charge is 2.26. The van der Waals surface area contributed by atoms with E-state index < -0.39 is 17.7 Å². The number of hydrogen-bond donors (Lipinski definition) is 3. The van der Waals surface area contributed by atoms with Crippen molar-refractivity contribution in [3.8, 4) is 0 Å². The van der Waals surface area contributed by atoms with Gasteiger partial charge in [0.15, 0.2) is 11.5 Å². The molecular formula is C18H28ClN5O4. The molecule has 0 saturated heterocycles. The Bertz CT molecular complexity index is 715. The van der Waals surface area contributed by atoms with Crippen LogP contribution in [0.4, 0.5) is 16.3 Å². The Morgan fingerprint density at radius 1 is 1.18 bits per heavy atom. The molecule has 1 aromatic rings. The number of anilines is 2. The van der Waals surface area contributed by atoms with Crippen molar-refractivity contribution < 1.29 is 19.1 Å². The molecule has 0 bridgehead atoms. The summed E-state index contributed by atoms with van der Waals surface area (Å²) < 4.78 is 10.2. The molecule has 1 fully saturated rings. The molecule has 0 unspecified atom stereocenters. The predicted molar refractivity (Wildman–Crippen MR) is 106 cm³/mol. The van der Waals surface area contributed by atoms with Gasteiger partial charge >= 0.3 is 12.1 Å². The molecule has 156 valence electrons. The first-order valence-electron chi connectivity index (χ1n) is 9.35. The van der Waals surface area contributed by atoms with Crippen molar-refractivity contribution in [2.24, 2.45) is 0 Å². The van der Waals surface area contributed by atoms with Crippen molar-refractivity contribution in [1.82, 2.24) is 15.3 Å². The summed E-state index contributed by atoms with van der Waals surface area (Å²) in [6.07, 6.45) is 2.72. The lowest BCUT2D eigenvalue weighted by molar-refractivity contribution is 0.0489. The minimum atomic E-state index is -0.641. The number of rotatable bonds is 5. The maximum Gasteiger partial charge on any atom is 0.407 e. The Morgan fingerprint density at radius 3 is 2.36 bits per heavy atom. The van der Waals surface area contributed by atoms with Gasteiger partial charge in [0, 0.05) is 12.1 Å². The topological polar surface area (TPSA) is 128 Å². The van der Waals surface area contributed by atoms with Gasteiger partial charge in [-0.05, 0) is 65.0 Å². The van der Waals surface area contributed by atoms with E-state index in [2.05, 4.69) is 20.6 Å². The summed E-state index contributed by atoms with van der Waals surface area (Å²) in [6, 6.07) is 0.134. The molecule has 9 nitrogen and oxygen atoms in total. The first-order valence-corrected chi connectivity index (χ1v) is 9.73.